The van der Waals surface area contributed by atoms with Crippen molar-refractivity contribution in [1.29, 1.82) is 5.26 Å². The Bertz CT molecular complexity index is 1070. The lowest BCUT2D eigenvalue weighted by atomic mass is 10.1. The topological polar surface area (TPSA) is 124 Å². The summed E-state index contributed by atoms with van der Waals surface area (Å²) in [5.74, 6) is -0.963. The van der Waals surface area contributed by atoms with Crippen molar-refractivity contribution in [2.75, 3.05) is 32.2 Å². The third kappa shape index (κ3) is 7.40. The molecule has 0 aliphatic heterocycles. The molecule has 2 aromatic rings. The van der Waals surface area contributed by atoms with Crippen LogP contribution in [0.15, 0.2) is 48.0 Å². The van der Waals surface area contributed by atoms with E-state index in [1.165, 1.54) is 37.5 Å². The zero-order valence-corrected chi connectivity index (χ0v) is 18.5. The monoisotopic (exact) mass is 452 g/mol. The standard InChI is InChI=1S/C24H24N2O7/c1-4-31-22(27)15-33-20-11-6-16(13-21(20)30-3)12-18(14-25)23(28)26-19-9-7-17(8-10-19)24(29)32-5-2/h6-13H,4-5,15H2,1-3H3,(H,26,28)/b18-12+. The number of esters is 2. The second kappa shape index (κ2) is 12.5. The van der Waals surface area contributed by atoms with Crippen molar-refractivity contribution in [3.8, 4) is 17.6 Å². The number of amides is 1. The number of benzene rings is 2. The van der Waals surface area contributed by atoms with Crippen LogP contribution in [0.3, 0.4) is 0 Å². The van der Waals surface area contributed by atoms with Crippen molar-refractivity contribution in [2.45, 2.75) is 13.8 Å². The number of carbonyl (C=O) groups excluding carboxylic acids is 3. The van der Waals surface area contributed by atoms with Crippen LogP contribution < -0.4 is 14.8 Å². The number of nitrogens with one attached hydrogen (secondary N) is 1. The molecule has 0 heterocycles. The maximum Gasteiger partial charge on any atom is 0.344 e. The van der Waals surface area contributed by atoms with Crippen LogP contribution in [0.2, 0.25) is 0 Å². The Morgan fingerprint density at radius 1 is 1.00 bits per heavy atom. The molecule has 9 heteroatoms. The highest BCUT2D eigenvalue weighted by Gasteiger charge is 2.13. The fourth-order valence-electron chi connectivity index (χ4n) is 2.65. The van der Waals surface area contributed by atoms with E-state index in [-0.39, 0.29) is 25.4 Å². The summed E-state index contributed by atoms with van der Waals surface area (Å²) in [5, 5.41) is 12.0. The highest BCUT2D eigenvalue weighted by molar-refractivity contribution is 6.09. The van der Waals surface area contributed by atoms with E-state index in [2.05, 4.69) is 5.32 Å². The van der Waals surface area contributed by atoms with Crippen molar-refractivity contribution in [1.82, 2.24) is 0 Å². The first-order chi connectivity index (χ1) is 15.9. The molecule has 9 nitrogen and oxygen atoms in total. The van der Waals surface area contributed by atoms with Crippen molar-refractivity contribution >= 4 is 29.6 Å². The molecule has 1 amide bonds. The molecule has 0 aromatic heterocycles. The molecule has 0 aliphatic carbocycles. The number of nitriles is 1. The van der Waals surface area contributed by atoms with Crippen molar-refractivity contribution in [2.24, 2.45) is 0 Å². The molecule has 0 atom stereocenters. The number of hydrogen-bond donors (Lipinski definition) is 1. The van der Waals surface area contributed by atoms with Gasteiger partial charge in [-0.05, 0) is 61.9 Å². The number of carbonyl (C=O) groups is 3. The molecule has 0 fully saturated rings. The Morgan fingerprint density at radius 3 is 2.30 bits per heavy atom. The Morgan fingerprint density at radius 2 is 1.70 bits per heavy atom. The van der Waals surface area contributed by atoms with Gasteiger partial charge in [0.2, 0.25) is 0 Å². The molecule has 0 saturated carbocycles. The summed E-state index contributed by atoms with van der Waals surface area (Å²) in [4.78, 5) is 35.7. The highest BCUT2D eigenvalue weighted by Crippen LogP contribution is 2.29. The Balaban J connectivity index is 2.12. The lowest BCUT2D eigenvalue weighted by molar-refractivity contribution is -0.145. The van der Waals surface area contributed by atoms with Gasteiger partial charge in [0.1, 0.15) is 11.6 Å². The molecule has 2 aromatic carbocycles. The van der Waals surface area contributed by atoms with Gasteiger partial charge in [0.05, 0.1) is 25.9 Å². The number of hydrogen-bond acceptors (Lipinski definition) is 8. The maximum absolute atomic E-state index is 12.5. The van der Waals surface area contributed by atoms with E-state index in [9.17, 15) is 19.6 Å². The van der Waals surface area contributed by atoms with Crippen LogP contribution in [-0.4, -0.2) is 44.8 Å². The third-order valence-corrected chi connectivity index (χ3v) is 4.17. The number of anilines is 1. The molecule has 0 saturated heterocycles. The van der Waals surface area contributed by atoms with E-state index in [0.717, 1.165) is 0 Å². The number of nitrogens with zero attached hydrogens (tertiary/aromatic N) is 1. The number of ether oxygens (including phenoxy) is 4. The van der Waals surface area contributed by atoms with Gasteiger partial charge in [-0.3, -0.25) is 4.79 Å². The summed E-state index contributed by atoms with van der Waals surface area (Å²) in [6, 6.07) is 12.7. The van der Waals surface area contributed by atoms with Gasteiger partial charge in [-0.1, -0.05) is 6.07 Å². The lowest BCUT2D eigenvalue weighted by Gasteiger charge is -2.11. The van der Waals surface area contributed by atoms with Crippen LogP contribution in [0.1, 0.15) is 29.8 Å². The first-order valence-corrected chi connectivity index (χ1v) is 10.1. The van der Waals surface area contributed by atoms with Gasteiger partial charge in [-0.25, -0.2) is 9.59 Å². The zero-order chi connectivity index (χ0) is 24.2. The second-order valence-corrected chi connectivity index (χ2v) is 6.43. The molecule has 0 spiro atoms. The summed E-state index contributed by atoms with van der Waals surface area (Å²) in [6.07, 6.45) is 1.39. The Labute approximate surface area is 191 Å². The van der Waals surface area contributed by atoms with Gasteiger partial charge in [0.15, 0.2) is 18.1 Å². The fraction of sp³-hybridized carbons (Fsp3) is 0.250. The molecule has 172 valence electrons. The van der Waals surface area contributed by atoms with Crippen LogP contribution >= 0.6 is 0 Å². The van der Waals surface area contributed by atoms with Crippen molar-refractivity contribution in [3.05, 3.63) is 59.2 Å². The second-order valence-electron chi connectivity index (χ2n) is 6.43. The van der Waals surface area contributed by atoms with Crippen LogP contribution in [0.4, 0.5) is 5.69 Å². The van der Waals surface area contributed by atoms with Gasteiger partial charge in [-0.15, -0.1) is 0 Å². The van der Waals surface area contributed by atoms with Gasteiger partial charge in [-0.2, -0.15) is 5.26 Å². The van der Waals surface area contributed by atoms with Crippen LogP contribution in [0.25, 0.3) is 6.08 Å². The molecule has 0 bridgehead atoms. The van der Waals surface area contributed by atoms with Gasteiger partial charge < -0.3 is 24.3 Å². The maximum atomic E-state index is 12.5. The lowest BCUT2D eigenvalue weighted by Crippen LogP contribution is -2.15. The van der Waals surface area contributed by atoms with E-state index >= 15 is 0 Å². The van der Waals surface area contributed by atoms with E-state index in [1.807, 2.05) is 6.07 Å². The largest absolute Gasteiger partial charge is 0.493 e. The van der Waals surface area contributed by atoms with E-state index < -0.39 is 17.8 Å². The predicted octanol–water partition coefficient (Wildman–Crippen LogP) is 3.36. The molecule has 1 N–H and O–H groups in total. The van der Waals surface area contributed by atoms with E-state index in [1.54, 1.807) is 32.0 Å². The third-order valence-electron chi connectivity index (χ3n) is 4.17. The smallest absolute Gasteiger partial charge is 0.344 e. The van der Waals surface area contributed by atoms with Crippen molar-refractivity contribution < 1.29 is 33.3 Å². The summed E-state index contributed by atoms with van der Waals surface area (Å²) in [7, 11) is 1.43. The molecule has 33 heavy (non-hydrogen) atoms. The van der Waals surface area contributed by atoms with Crippen molar-refractivity contribution in [3.63, 3.8) is 0 Å². The van der Waals surface area contributed by atoms with Gasteiger partial charge in [0, 0.05) is 5.69 Å². The molecular weight excluding hydrogens is 428 g/mol. The minimum absolute atomic E-state index is 0.147. The van der Waals surface area contributed by atoms with Gasteiger partial charge in [0.25, 0.3) is 5.91 Å². The Kier molecular flexibility index (Phi) is 9.46. The summed E-state index contributed by atoms with van der Waals surface area (Å²) in [5.41, 5.74) is 1.13. The normalized spacial score (nSPS) is 10.5. The first kappa shape index (κ1) is 24.9. The van der Waals surface area contributed by atoms with E-state index in [4.69, 9.17) is 18.9 Å². The average molecular weight is 452 g/mol. The SMILES string of the molecule is CCOC(=O)COc1ccc(/C=C(\C#N)C(=O)Nc2ccc(C(=O)OCC)cc2)cc1OC. The molecule has 2 rings (SSSR count). The Hall–Kier alpha value is -4.32. The predicted molar refractivity (Wildman–Crippen MR) is 120 cm³/mol. The number of rotatable bonds is 10. The molecule has 0 unspecified atom stereocenters. The minimum Gasteiger partial charge on any atom is -0.493 e. The van der Waals surface area contributed by atoms with E-state index in [0.29, 0.717) is 28.3 Å². The molecular formula is C24H24N2O7. The minimum atomic E-state index is -0.622. The fourth-order valence-corrected chi connectivity index (χ4v) is 2.65. The summed E-state index contributed by atoms with van der Waals surface area (Å²) >= 11 is 0. The molecule has 0 aliphatic rings. The first-order valence-electron chi connectivity index (χ1n) is 10.1. The van der Waals surface area contributed by atoms with Gasteiger partial charge >= 0.3 is 11.9 Å². The van der Waals surface area contributed by atoms with Crippen LogP contribution in [0, 0.1) is 11.3 Å². The van der Waals surface area contributed by atoms with Crippen LogP contribution in [0.5, 0.6) is 11.5 Å². The zero-order valence-electron chi connectivity index (χ0n) is 18.5. The average Bonchev–Trinajstić information content (AvgIpc) is 2.82. The summed E-state index contributed by atoms with van der Waals surface area (Å²) < 4.78 is 20.4. The quantitative estimate of drug-likeness (QED) is 0.331. The number of methoxy groups -OCH3 is 1. The van der Waals surface area contributed by atoms with Crippen LogP contribution in [-0.2, 0) is 19.1 Å². The summed E-state index contributed by atoms with van der Waals surface area (Å²) in [6.45, 7) is 3.64. The molecule has 0 radical (unpaired) electrons. The highest BCUT2D eigenvalue weighted by atomic mass is 16.6.